The standard InChI is InChI=1S/C13H24N2O3S/c1-4-13(2,11(16)17)15-12(18)14-9-5-7-10(19-3)8-6-9/h9-10H,4-8H2,1-3H3,(H,16,17)(H2,14,15,18). The minimum atomic E-state index is -1.19. The van der Waals surface area contributed by atoms with Crippen LogP contribution in [0.2, 0.25) is 0 Å². The van der Waals surface area contributed by atoms with Crippen LogP contribution in [-0.2, 0) is 4.79 Å². The number of carbonyl (C=O) groups is 2. The Balaban J connectivity index is 2.42. The molecule has 19 heavy (non-hydrogen) atoms. The van der Waals surface area contributed by atoms with Crippen molar-refractivity contribution < 1.29 is 14.7 Å². The SMILES string of the molecule is CCC(C)(NC(=O)NC1CCC(SC)CC1)C(=O)O. The molecule has 3 N–H and O–H groups in total. The molecule has 1 aliphatic rings. The second kappa shape index (κ2) is 7.03. The number of nitrogens with one attached hydrogen (secondary N) is 2. The summed E-state index contributed by atoms with van der Waals surface area (Å²) in [5.74, 6) is -1.00. The predicted molar refractivity (Wildman–Crippen MR) is 77.6 cm³/mol. The maximum absolute atomic E-state index is 11.9. The number of hydrogen-bond donors (Lipinski definition) is 3. The summed E-state index contributed by atoms with van der Waals surface area (Å²) in [5, 5.41) is 15.2. The van der Waals surface area contributed by atoms with Gasteiger partial charge in [-0.3, -0.25) is 0 Å². The van der Waals surface area contributed by atoms with Gasteiger partial charge in [0.1, 0.15) is 5.54 Å². The molecule has 2 amide bonds. The number of urea groups is 1. The van der Waals surface area contributed by atoms with E-state index in [-0.39, 0.29) is 12.1 Å². The lowest BCUT2D eigenvalue weighted by Gasteiger charge is -2.30. The molecule has 6 heteroatoms. The number of carboxylic acids is 1. The van der Waals surface area contributed by atoms with Crippen molar-refractivity contribution in [2.24, 2.45) is 0 Å². The van der Waals surface area contributed by atoms with Gasteiger partial charge < -0.3 is 15.7 Å². The first-order valence-corrected chi connectivity index (χ1v) is 8.05. The van der Waals surface area contributed by atoms with Crippen molar-refractivity contribution in [3.05, 3.63) is 0 Å². The largest absolute Gasteiger partial charge is 0.480 e. The highest BCUT2D eigenvalue weighted by atomic mass is 32.2. The van der Waals surface area contributed by atoms with Crippen LogP contribution in [-0.4, -0.2) is 40.2 Å². The zero-order chi connectivity index (χ0) is 14.5. The quantitative estimate of drug-likeness (QED) is 0.725. The molecule has 0 aromatic carbocycles. The van der Waals surface area contributed by atoms with Crippen LogP contribution < -0.4 is 10.6 Å². The Labute approximate surface area is 118 Å². The van der Waals surface area contributed by atoms with Crippen LogP contribution in [0.15, 0.2) is 0 Å². The summed E-state index contributed by atoms with van der Waals surface area (Å²) in [6.45, 7) is 3.28. The Kier molecular flexibility index (Phi) is 5.97. The van der Waals surface area contributed by atoms with E-state index in [0.29, 0.717) is 11.7 Å². The predicted octanol–water partition coefficient (Wildman–Crippen LogP) is 2.21. The van der Waals surface area contributed by atoms with Crippen LogP contribution in [0.3, 0.4) is 0 Å². The van der Waals surface area contributed by atoms with Crippen LogP contribution >= 0.6 is 11.8 Å². The second-order valence-corrected chi connectivity index (χ2v) is 6.44. The van der Waals surface area contributed by atoms with Gasteiger partial charge in [0.05, 0.1) is 0 Å². The average molecular weight is 288 g/mol. The number of thioether (sulfide) groups is 1. The monoisotopic (exact) mass is 288 g/mol. The first-order valence-electron chi connectivity index (χ1n) is 6.76. The van der Waals surface area contributed by atoms with Crippen LogP contribution in [0.1, 0.15) is 46.0 Å². The van der Waals surface area contributed by atoms with Gasteiger partial charge in [-0.2, -0.15) is 11.8 Å². The minimum Gasteiger partial charge on any atom is -0.480 e. The van der Waals surface area contributed by atoms with E-state index in [1.165, 1.54) is 6.92 Å². The zero-order valence-electron chi connectivity index (χ0n) is 11.9. The molecular weight excluding hydrogens is 264 g/mol. The lowest BCUT2D eigenvalue weighted by atomic mass is 9.95. The van der Waals surface area contributed by atoms with E-state index in [1.54, 1.807) is 6.92 Å². The third-order valence-electron chi connectivity index (χ3n) is 3.91. The van der Waals surface area contributed by atoms with E-state index in [2.05, 4.69) is 16.9 Å². The molecule has 1 unspecified atom stereocenters. The molecule has 0 heterocycles. The maximum atomic E-state index is 11.9. The molecule has 0 saturated heterocycles. The summed E-state index contributed by atoms with van der Waals surface area (Å²) >= 11 is 1.88. The van der Waals surface area contributed by atoms with E-state index >= 15 is 0 Å². The molecule has 0 aliphatic heterocycles. The summed E-state index contributed by atoms with van der Waals surface area (Å²) in [4.78, 5) is 23.0. The van der Waals surface area contributed by atoms with Crippen molar-refractivity contribution >= 4 is 23.8 Å². The zero-order valence-corrected chi connectivity index (χ0v) is 12.7. The number of amides is 2. The Hall–Kier alpha value is -0.910. The molecule has 110 valence electrons. The van der Waals surface area contributed by atoms with Crippen LogP contribution in [0.4, 0.5) is 4.79 Å². The highest BCUT2D eigenvalue weighted by Gasteiger charge is 2.33. The molecule has 0 aromatic rings. The fourth-order valence-corrected chi connectivity index (χ4v) is 2.95. The summed E-state index contributed by atoms with van der Waals surface area (Å²) in [5.41, 5.74) is -1.19. The van der Waals surface area contributed by atoms with Crippen LogP contribution in [0.5, 0.6) is 0 Å². The molecule has 5 nitrogen and oxygen atoms in total. The first-order chi connectivity index (χ1) is 8.91. The van der Waals surface area contributed by atoms with Gasteiger partial charge in [-0.1, -0.05) is 6.92 Å². The Morgan fingerprint density at radius 2 is 1.89 bits per heavy atom. The number of carboxylic acid groups (broad SMARTS) is 1. The van der Waals surface area contributed by atoms with Crippen molar-refractivity contribution in [3.63, 3.8) is 0 Å². The van der Waals surface area contributed by atoms with Gasteiger partial charge >= 0.3 is 12.0 Å². The van der Waals surface area contributed by atoms with Crippen molar-refractivity contribution in [1.29, 1.82) is 0 Å². The number of carbonyl (C=O) groups excluding carboxylic acids is 1. The highest BCUT2D eigenvalue weighted by molar-refractivity contribution is 7.99. The third-order valence-corrected chi connectivity index (χ3v) is 5.05. The van der Waals surface area contributed by atoms with Gasteiger partial charge in [-0.25, -0.2) is 9.59 Å². The van der Waals surface area contributed by atoms with E-state index in [1.807, 2.05) is 11.8 Å². The topological polar surface area (TPSA) is 78.4 Å². The maximum Gasteiger partial charge on any atom is 0.329 e. The number of rotatable bonds is 5. The van der Waals surface area contributed by atoms with E-state index in [0.717, 1.165) is 25.7 Å². The highest BCUT2D eigenvalue weighted by Crippen LogP contribution is 2.26. The summed E-state index contributed by atoms with van der Waals surface area (Å²) in [6.07, 6.45) is 6.62. The second-order valence-electron chi connectivity index (χ2n) is 5.30. The normalized spacial score (nSPS) is 26.3. The van der Waals surface area contributed by atoms with Crippen molar-refractivity contribution in [3.8, 4) is 0 Å². The fourth-order valence-electron chi connectivity index (χ4n) is 2.21. The molecule has 0 bridgehead atoms. The van der Waals surface area contributed by atoms with Gasteiger partial charge in [0.2, 0.25) is 0 Å². The first kappa shape index (κ1) is 16.1. The van der Waals surface area contributed by atoms with Crippen molar-refractivity contribution in [2.75, 3.05) is 6.26 Å². The molecular formula is C13H24N2O3S. The van der Waals surface area contributed by atoms with E-state index in [4.69, 9.17) is 5.11 Å². The molecule has 0 radical (unpaired) electrons. The number of aliphatic carboxylic acids is 1. The van der Waals surface area contributed by atoms with Crippen LogP contribution in [0, 0.1) is 0 Å². The van der Waals surface area contributed by atoms with Gasteiger partial charge in [0, 0.05) is 11.3 Å². The smallest absolute Gasteiger partial charge is 0.329 e. The molecule has 0 spiro atoms. The Morgan fingerprint density at radius 3 is 2.32 bits per heavy atom. The van der Waals surface area contributed by atoms with Gasteiger partial charge in [0.25, 0.3) is 0 Å². The molecule has 0 aromatic heterocycles. The molecule has 1 rings (SSSR count). The minimum absolute atomic E-state index is 0.165. The number of hydrogen-bond acceptors (Lipinski definition) is 3. The lowest BCUT2D eigenvalue weighted by molar-refractivity contribution is -0.143. The molecule has 1 aliphatic carbocycles. The summed E-state index contributed by atoms with van der Waals surface area (Å²) < 4.78 is 0. The van der Waals surface area contributed by atoms with Gasteiger partial charge in [0.15, 0.2) is 0 Å². The molecule has 1 fully saturated rings. The van der Waals surface area contributed by atoms with Crippen molar-refractivity contribution in [1.82, 2.24) is 10.6 Å². The van der Waals surface area contributed by atoms with Gasteiger partial charge in [-0.05, 0) is 45.3 Å². The fraction of sp³-hybridized carbons (Fsp3) is 0.846. The van der Waals surface area contributed by atoms with Gasteiger partial charge in [-0.15, -0.1) is 0 Å². The van der Waals surface area contributed by atoms with Crippen LogP contribution in [0.25, 0.3) is 0 Å². The van der Waals surface area contributed by atoms with E-state index in [9.17, 15) is 9.59 Å². The molecule has 1 saturated carbocycles. The lowest BCUT2D eigenvalue weighted by Crippen LogP contribution is -2.56. The Morgan fingerprint density at radius 1 is 1.32 bits per heavy atom. The van der Waals surface area contributed by atoms with E-state index < -0.39 is 11.5 Å². The Bertz CT molecular complexity index is 330. The average Bonchev–Trinajstić information content (AvgIpc) is 2.39. The summed E-state index contributed by atoms with van der Waals surface area (Å²) in [7, 11) is 0. The summed E-state index contributed by atoms with van der Waals surface area (Å²) in [6, 6.07) is -0.211. The molecule has 1 atom stereocenters. The third kappa shape index (κ3) is 4.60. The van der Waals surface area contributed by atoms with Crippen molar-refractivity contribution in [2.45, 2.75) is 62.8 Å².